The molecule has 1 amide bonds. The fraction of sp³-hybridized carbons (Fsp3) is 0.500. The number of nitrogens with zero attached hydrogens (tertiary/aromatic N) is 4. The predicted molar refractivity (Wildman–Crippen MR) is 68.7 cm³/mol. The predicted octanol–water partition coefficient (Wildman–Crippen LogP) is 0.111. The Balaban J connectivity index is 2.12. The minimum Gasteiger partial charge on any atom is -0.359 e. The topological polar surface area (TPSA) is 97.0 Å². The van der Waals surface area contributed by atoms with Crippen molar-refractivity contribution >= 4 is 5.91 Å². The van der Waals surface area contributed by atoms with E-state index in [1.165, 1.54) is 4.57 Å². The van der Waals surface area contributed by atoms with Crippen molar-refractivity contribution in [1.29, 1.82) is 0 Å². The van der Waals surface area contributed by atoms with Crippen molar-refractivity contribution in [3.8, 4) is 5.69 Å². The zero-order valence-corrected chi connectivity index (χ0v) is 11.5. The lowest BCUT2D eigenvalue weighted by molar-refractivity contribution is -0.126. The van der Waals surface area contributed by atoms with Crippen molar-refractivity contribution in [1.82, 2.24) is 24.8 Å². The summed E-state index contributed by atoms with van der Waals surface area (Å²) in [5.41, 5.74) is 0.863. The maximum absolute atomic E-state index is 12.0. The largest absolute Gasteiger partial charge is 0.359 e. The van der Waals surface area contributed by atoms with Crippen molar-refractivity contribution in [3.05, 3.63) is 27.8 Å². The zero-order valence-electron chi connectivity index (χ0n) is 11.5. The van der Waals surface area contributed by atoms with Crippen LogP contribution in [0.15, 0.2) is 9.32 Å². The third-order valence-corrected chi connectivity index (χ3v) is 3.62. The van der Waals surface area contributed by atoms with E-state index in [0.29, 0.717) is 35.9 Å². The molecule has 2 aromatic rings. The second-order valence-electron chi connectivity index (χ2n) is 5.07. The average molecular weight is 277 g/mol. The molecule has 3 rings (SSSR count). The summed E-state index contributed by atoms with van der Waals surface area (Å²) >= 11 is 0. The van der Waals surface area contributed by atoms with Gasteiger partial charge in [0.1, 0.15) is 17.2 Å². The Bertz CT molecular complexity index is 706. The van der Waals surface area contributed by atoms with Crippen LogP contribution >= 0.6 is 0 Å². The number of aromatic nitrogens is 4. The normalized spacial score (nSPS) is 19.1. The van der Waals surface area contributed by atoms with Gasteiger partial charge >= 0.3 is 5.69 Å². The van der Waals surface area contributed by atoms with Crippen LogP contribution in [0.5, 0.6) is 0 Å². The quantitative estimate of drug-likeness (QED) is 0.840. The molecule has 3 heterocycles. The van der Waals surface area contributed by atoms with E-state index in [-0.39, 0.29) is 17.5 Å². The maximum atomic E-state index is 12.0. The molecule has 1 saturated heterocycles. The lowest BCUT2D eigenvalue weighted by Gasteiger charge is -2.10. The number of hydrogen-bond acceptors (Lipinski definition) is 5. The van der Waals surface area contributed by atoms with Crippen LogP contribution < -0.4 is 5.69 Å². The Hall–Kier alpha value is -2.38. The molecule has 0 aliphatic carbocycles. The molecule has 1 aliphatic heterocycles. The van der Waals surface area contributed by atoms with Crippen molar-refractivity contribution < 1.29 is 9.32 Å². The molecule has 0 spiro atoms. The summed E-state index contributed by atoms with van der Waals surface area (Å²) in [4.78, 5) is 25.3. The number of hydrogen-bond donors (Lipinski definition) is 1. The summed E-state index contributed by atoms with van der Waals surface area (Å²) < 4.78 is 6.56. The van der Waals surface area contributed by atoms with Gasteiger partial charge in [0.05, 0.1) is 0 Å². The van der Waals surface area contributed by atoms with Crippen LogP contribution in [0.4, 0.5) is 0 Å². The standard InChI is InChI=1S/C12H15N5O3/c1-6-10(7(2)20-15-6)17-11(13-14-12(17)19)8-4-9(18)16(3)5-8/h8H,4-5H2,1-3H3,(H,14,19)/t8-/m0/s1. The number of nitrogens with one attached hydrogen (secondary N) is 1. The maximum Gasteiger partial charge on any atom is 0.348 e. The number of H-pyrrole nitrogens is 1. The number of carbonyl (C=O) groups excluding carboxylic acids is 1. The van der Waals surface area contributed by atoms with Gasteiger partial charge in [-0.1, -0.05) is 5.16 Å². The van der Waals surface area contributed by atoms with Crippen molar-refractivity contribution in [3.63, 3.8) is 0 Å². The first kappa shape index (κ1) is 12.6. The number of rotatable bonds is 2. The molecule has 0 saturated carbocycles. The Morgan fingerprint density at radius 3 is 2.65 bits per heavy atom. The first-order valence-electron chi connectivity index (χ1n) is 6.33. The molecule has 106 valence electrons. The Kier molecular flexibility index (Phi) is 2.73. The van der Waals surface area contributed by atoms with Gasteiger partial charge in [-0.15, -0.1) is 0 Å². The van der Waals surface area contributed by atoms with Crippen LogP contribution in [0.25, 0.3) is 5.69 Å². The van der Waals surface area contributed by atoms with Crippen LogP contribution in [0.2, 0.25) is 0 Å². The molecule has 1 aliphatic rings. The SMILES string of the molecule is Cc1noc(C)c1-n1c([C@H]2CC(=O)N(C)C2)n[nH]c1=O. The van der Waals surface area contributed by atoms with E-state index >= 15 is 0 Å². The summed E-state index contributed by atoms with van der Waals surface area (Å²) in [6.07, 6.45) is 0.351. The molecule has 1 fully saturated rings. The molecule has 1 N–H and O–H groups in total. The average Bonchev–Trinajstić information content (AvgIpc) is 3.01. The molecular weight excluding hydrogens is 262 g/mol. The van der Waals surface area contributed by atoms with E-state index in [0.717, 1.165) is 0 Å². The molecular formula is C12H15N5O3. The van der Waals surface area contributed by atoms with E-state index in [4.69, 9.17) is 4.52 Å². The highest BCUT2D eigenvalue weighted by Crippen LogP contribution is 2.28. The summed E-state index contributed by atoms with van der Waals surface area (Å²) in [5.74, 6) is 1.03. The molecule has 20 heavy (non-hydrogen) atoms. The number of aromatic amines is 1. The fourth-order valence-corrected chi connectivity index (χ4v) is 2.63. The van der Waals surface area contributed by atoms with Crippen molar-refractivity contribution in [2.75, 3.05) is 13.6 Å². The lowest BCUT2D eigenvalue weighted by atomic mass is 10.1. The van der Waals surface area contributed by atoms with Gasteiger partial charge in [-0.3, -0.25) is 4.79 Å². The summed E-state index contributed by atoms with van der Waals surface area (Å²) in [5, 5.41) is 10.4. The first-order chi connectivity index (χ1) is 9.49. The van der Waals surface area contributed by atoms with Gasteiger partial charge in [0.2, 0.25) is 5.91 Å². The molecule has 0 bridgehead atoms. The minimum absolute atomic E-state index is 0.0516. The molecule has 1 atom stereocenters. The van der Waals surface area contributed by atoms with Gasteiger partial charge in [-0.05, 0) is 13.8 Å². The monoisotopic (exact) mass is 277 g/mol. The van der Waals surface area contributed by atoms with Gasteiger partial charge in [-0.2, -0.15) is 5.10 Å². The van der Waals surface area contributed by atoms with Crippen molar-refractivity contribution in [2.24, 2.45) is 0 Å². The van der Waals surface area contributed by atoms with Crippen molar-refractivity contribution in [2.45, 2.75) is 26.2 Å². The van der Waals surface area contributed by atoms with Crippen LogP contribution in [-0.4, -0.2) is 44.3 Å². The number of likely N-dealkylation sites (tertiary alicyclic amines) is 1. The lowest BCUT2D eigenvalue weighted by Crippen LogP contribution is -2.21. The van der Waals surface area contributed by atoms with E-state index in [1.807, 2.05) is 0 Å². The van der Waals surface area contributed by atoms with E-state index in [2.05, 4.69) is 15.4 Å². The number of carbonyl (C=O) groups is 1. The first-order valence-corrected chi connectivity index (χ1v) is 6.33. The van der Waals surface area contributed by atoms with Crippen LogP contribution in [0.1, 0.15) is 29.6 Å². The van der Waals surface area contributed by atoms with Crippen LogP contribution in [0, 0.1) is 13.8 Å². The van der Waals surface area contributed by atoms with Crippen LogP contribution in [0.3, 0.4) is 0 Å². The molecule has 8 nitrogen and oxygen atoms in total. The smallest absolute Gasteiger partial charge is 0.348 e. The second kappa shape index (κ2) is 4.32. The molecule has 0 aromatic carbocycles. The minimum atomic E-state index is -0.351. The fourth-order valence-electron chi connectivity index (χ4n) is 2.63. The molecule has 8 heteroatoms. The molecule has 0 unspecified atom stereocenters. The second-order valence-corrected chi connectivity index (χ2v) is 5.07. The molecule has 0 radical (unpaired) electrons. The third-order valence-electron chi connectivity index (χ3n) is 3.62. The highest BCUT2D eigenvalue weighted by atomic mass is 16.5. The zero-order chi connectivity index (χ0) is 14.4. The van der Waals surface area contributed by atoms with Gasteiger partial charge in [0, 0.05) is 25.9 Å². The highest BCUT2D eigenvalue weighted by Gasteiger charge is 2.33. The number of likely N-dealkylation sites (N-methyl/N-ethyl adjacent to an activating group) is 1. The van der Waals surface area contributed by atoms with E-state index in [9.17, 15) is 9.59 Å². The summed E-state index contributed by atoms with van der Waals surface area (Å²) in [6.45, 7) is 4.05. The van der Waals surface area contributed by atoms with E-state index in [1.54, 1.807) is 25.8 Å². The van der Waals surface area contributed by atoms with Gasteiger partial charge in [0.15, 0.2) is 5.76 Å². The van der Waals surface area contributed by atoms with Gasteiger partial charge in [-0.25, -0.2) is 14.5 Å². The Morgan fingerprint density at radius 1 is 1.35 bits per heavy atom. The van der Waals surface area contributed by atoms with Gasteiger partial charge in [0.25, 0.3) is 0 Å². The summed E-state index contributed by atoms with van der Waals surface area (Å²) in [7, 11) is 1.74. The van der Waals surface area contributed by atoms with Gasteiger partial charge < -0.3 is 9.42 Å². The highest BCUT2D eigenvalue weighted by molar-refractivity contribution is 5.79. The Labute approximate surface area is 114 Å². The molecule has 2 aromatic heterocycles. The number of aryl methyl sites for hydroxylation is 2. The third kappa shape index (κ3) is 1.75. The number of amides is 1. The van der Waals surface area contributed by atoms with Crippen LogP contribution in [-0.2, 0) is 4.79 Å². The van der Waals surface area contributed by atoms with E-state index < -0.39 is 0 Å². The Morgan fingerprint density at radius 2 is 2.10 bits per heavy atom. The summed E-state index contributed by atoms with van der Waals surface area (Å²) in [6, 6.07) is 0.